The van der Waals surface area contributed by atoms with Crippen molar-refractivity contribution in [3.63, 3.8) is 0 Å². The smallest absolute Gasteiger partial charge is 0.392 e. The Bertz CT molecular complexity index is 480. The van der Waals surface area contributed by atoms with E-state index in [1.54, 1.807) is 19.1 Å². The van der Waals surface area contributed by atoms with Gasteiger partial charge in [-0.05, 0) is 36.5 Å². The summed E-state index contributed by atoms with van der Waals surface area (Å²) in [5, 5.41) is 0. The molecule has 1 aromatic rings. The van der Waals surface area contributed by atoms with E-state index in [9.17, 15) is 18.0 Å². The largest absolute Gasteiger partial charge is 0.465 e. The van der Waals surface area contributed by atoms with E-state index in [1.807, 2.05) is 0 Å². The van der Waals surface area contributed by atoms with Gasteiger partial charge in [0.25, 0.3) is 0 Å². The average Bonchev–Trinajstić information content (AvgIpc) is 3.07. The van der Waals surface area contributed by atoms with E-state index in [-0.39, 0.29) is 6.42 Å². The second-order valence-corrected chi connectivity index (χ2v) is 4.56. The fourth-order valence-electron chi connectivity index (χ4n) is 2.18. The van der Waals surface area contributed by atoms with Gasteiger partial charge in [0.15, 0.2) is 0 Å². The van der Waals surface area contributed by atoms with Crippen molar-refractivity contribution in [2.75, 3.05) is 7.11 Å². The molecule has 0 saturated heterocycles. The number of ether oxygens (including phenoxy) is 1. The molecule has 98 valence electrons. The number of methoxy groups -OCH3 is 1. The third-order valence-electron chi connectivity index (χ3n) is 3.29. The van der Waals surface area contributed by atoms with Gasteiger partial charge >= 0.3 is 12.1 Å². The lowest BCUT2D eigenvalue weighted by molar-refractivity contribution is -0.148. The Morgan fingerprint density at radius 3 is 2.50 bits per heavy atom. The number of alkyl halides is 3. The molecule has 0 N–H and O–H groups in total. The SMILES string of the molecule is COC(=O)c1ccc([C@H]2C[C@H]2C(F)(F)F)cc1C. The fourth-order valence-corrected chi connectivity index (χ4v) is 2.18. The van der Waals surface area contributed by atoms with E-state index in [2.05, 4.69) is 4.74 Å². The number of benzene rings is 1. The van der Waals surface area contributed by atoms with Gasteiger partial charge in [0, 0.05) is 0 Å². The monoisotopic (exact) mass is 258 g/mol. The van der Waals surface area contributed by atoms with Crippen LogP contribution in [0.5, 0.6) is 0 Å². The molecule has 5 heteroatoms. The normalized spacial score (nSPS) is 22.7. The molecule has 0 radical (unpaired) electrons. The van der Waals surface area contributed by atoms with Crippen LogP contribution in [0.1, 0.15) is 33.8 Å². The second-order valence-electron chi connectivity index (χ2n) is 4.56. The van der Waals surface area contributed by atoms with Crippen molar-refractivity contribution in [2.45, 2.75) is 25.4 Å². The molecule has 1 aliphatic carbocycles. The van der Waals surface area contributed by atoms with Crippen LogP contribution in [0.4, 0.5) is 13.2 Å². The Morgan fingerprint density at radius 2 is 2.06 bits per heavy atom. The third kappa shape index (κ3) is 2.35. The van der Waals surface area contributed by atoms with Crippen molar-refractivity contribution in [3.05, 3.63) is 34.9 Å². The minimum atomic E-state index is -4.13. The number of hydrogen-bond donors (Lipinski definition) is 0. The van der Waals surface area contributed by atoms with Gasteiger partial charge in [-0.25, -0.2) is 4.79 Å². The molecule has 0 spiro atoms. The summed E-state index contributed by atoms with van der Waals surface area (Å²) >= 11 is 0. The first-order chi connectivity index (χ1) is 8.34. The maximum absolute atomic E-state index is 12.5. The lowest BCUT2D eigenvalue weighted by atomic mass is 10.0. The van der Waals surface area contributed by atoms with Gasteiger partial charge in [-0.1, -0.05) is 12.1 Å². The molecule has 2 atom stereocenters. The van der Waals surface area contributed by atoms with Gasteiger partial charge in [-0.15, -0.1) is 0 Å². The van der Waals surface area contributed by atoms with Crippen LogP contribution in [0.3, 0.4) is 0 Å². The molecule has 2 nitrogen and oxygen atoms in total. The van der Waals surface area contributed by atoms with Gasteiger partial charge in [-0.3, -0.25) is 0 Å². The zero-order chi connectivity index (χ0) is 13.5. The summed E-state index contributed by atoms with van der Waals surface area (Å²) in [5.74, 6) is -2.17. The van der Waals surface area contributed by atoms with Gasteiger partial charge in [0.05, 0.1) is 18.6 Å². The van der Waals surface area contributed by atoms with Crippen LogP contribution in [0, 0.1) is 12.8 Å². The number of halogens is 3. The molecule has 0 bridgehead atoms. The molecule has 1 aromatic carbocycles. The highest BCUT2D eigenvalue weighted by molar-refractivity contribution is 5.91. The van der Waals surface area contributed by atoms with Gasteiger partial charge < -0.3 is 4.74 Å². The van der Waals surface area contributed by atoms with E-state index >= 15 is 0 Å². The number of carbonyl (C=O) groups is 1. The third-order valence-corrected chi connectivity index (χ3v) is 3.29. The van der Waals surface area contributed by atoms with E-state index < -0.39 is 24.0 Å². The first kappa shape index (κ1) is 12.9. The first-order valence-electron chi connectivity index (χ1n) is 5.60. The van der Waals surface area contributed by atoms with E-state index in [1.165, 1.54) is 13.2 Å². The van der Waals surface area contributed by atoms with Crippen molar-refractivity contribution < 1.29 is 22.7 Å². The summed E-state index contributed by atoms with van der Waals surface area (Å²) in [6, 6.07) is 4.75. The lowest BCUT2D eigenvalue weighted by Crippen LogP contribution is -2.11. The zero-order valence-corrected chi connectivity index (χ0v) is 10.0. The predicted octanol–water partition coefficient (Wildman–Crippen LogP) is 3.45. The Balaban J connectivity index is 2.19. The number of esters is 1. The molecule has 0 amide bonds. The maximum Gasteiger partial charge on any atom is 0.392 e. The fraction of sp³-hybridized carbons (Fsp3) is 0.462. The predicted molar refractivity (Wildman–Crippen MR) is 59.4 cm³/mol. The maximum atomic E-state index is 12.5. The molecule has 1 aliphatic rings. The van der Waals surface area contributed by atoms with Gasteiger partial charge in [0.2, 0.25) is 0 Å². The van der Waals surface area contributed by atoms with Crippen molar-refractivity contribution in [1.82, 2.24) is 0 Å². The number of carbonyl (C=O) groups excluding carboxylic acids is 1. The van der Waals surface area contributed by atoms with Gasteiger partial charge in [-0.2, -0.15) is 13.2 Å². The van der Waals surface area contributed by atoms with E-state index in [0.717, 1.165) is 0 Å². The summed E-state index contributed by atoms with van der Waals surface area (Å²) in [4.78, 5) is 11.4. The van der Waals surface area contributed by atoms with Crippen molar-refractivity contribution in [2.24, 2.45) is 5.92 Å². The minimum absolute atomic E-state index is 0.139. The number of rotatable bonds is 2. The molecular weight excluding hydrogens is 245 g/mol. The standard InChI is InChI=1S/C13H13F3O2/c1-7-5-8(3-4-9(7)12(17)18-2)10-6-11(10)13(14,15)16/h3-5,10-11H,6H2,1-2H3/t10-,11-/m1/s1. The van der Waals surface area contributed by atoms with Crippen LogP contribution in [0.25, 0.3) is 0 Å². The highest BCUT2D eigenvalue weighted by Crippen LogP contribution is 2.56. The molecule has 0 heterocycles. The Kier molecular flexibility index (Phi) is 3.09. The Hall–Kier alpha value is -1.52. The molecule has 2 rings (SSSR count). The van der Waals surface area contributed by atoms with E-state index in [0.29, 0.717) is 16.7 Å². The first-order valence-corrected chi connectivity index (χ1v) is 5.60. The summed E-state index contributed by atoms with van der Waals surface area (Å²) in [7, 11) is 1.27. The number of aryl methyl sites for hydroxylation is 1. The molecule has 0 aliphatic heterocycles. The quantitative estimate of drug-likeness (QED) is 0.759. The highest BCUT2D eigenvalue weighted by Gasteiger charge is 2.56. The lowest BCUT2D eigenvalue weighted by Gasteiger charge is -2.08. The molecule has 0 aromatic heterocycles. The average molecular weight is 258 g/mol. The van der Waals surface area contributed by atoms with Crippen LogP contribution in [0.2, 0.25) is 0 Å². The summed E-state index contributed by atoms with van der Waals surface area (Å²) in [6.45, 7) is 1.70. The molecule has 1 fully saturated rings. The van der Waals surface area contributed by atoms with Crippen molar-refractivity contribution in [3.8, 4) is 0 Å². The second kappa shape index (κ2) is 4.30. The Morgan fingerprint density at radius 1 is 1.39 bits per heavy atom. The molecule has 1 saturated carbocycles. The van der Waals surface area contributed by atoms with Crippen LogP contribution in [-0.2, 0) is 4.74 Å². The molecular formula is C13H13F3O2. The van der Waals surface area contributed by atoms with Crippen LogP contribution in [-0.4, -0.2) is 19.3 Å². The van der Waals surface area contributed by atoms with Crippen LogP contribution in [0.15, 0.2) is 18.2 Å². The van der Waals surface area contributed by atoms with Crippen molar-refractivity contribution in [1.29, 1.82) is 0 Å². The Labute approximate surface area is 103 Å². The van der Waals surface area contributed by atoms with Crippen molar-refractivity contribution >= 4 is 5.97 Å². The summed E-state index contributed by atoms with van der Waals surface area (Å²) < 4.78 is 42.0. The molecule has 18 heavy (non-hydrogen) atoms. The van der Waals surface area contributed by atoms with E-state index in [4.69, 9.17) is 0 Å². The number of hydrogen-bond acceptors (Lipinski definition) is 2. The minimum Gasteiger partial charge on any atom is -0.465 e. The van der Waals surface area contributed by atoms with Crippen LogP contribution < -0.4 is 0 Å². The topological polar surface area (TPSA) is 26.3 Å². The summed E-state index contributed by atoms with van der Waals surface area (Å²) in [6.07, 6.45) is -3.99. The summed E-state index contributed by atoms with van der Waals surface area (Å²) in [5.41, 5.74) is 1.68. The molecule has 0 unspecified atom stereocenters. The van der Waals surface area contributed by atoms with Gasteiger partial charge in [0.1, 0.15) is 0 Å². The highest BCUT2D eigenvalue weighted by atomic mass is 19.4. The van der Waals surface area contributed by atoms with Crippen LogP contribution >= 0.6 is 0 Å². The zero-order valence-electron chi connectivity index (χ0n) is 10.0.